The van der Waals surface area contributed by atoms with E-state index in [2.05, 4.69) is 18.3 Å². The molecule has 1 atom stereocenters. The van der Waals surface area contributed by atoms with E-state index >= 15 is 0 Å². The van der Waals surface area contributed by atoms with Crippen LogP contribution in [0.25, 0.3) is 0 Å². The predicted molar refractivity (Wildman–Crippen MR) is 116 cm³/mol. The quantitative estimate of drug-likeness (QED) is 0.794. The van der Waals surface area contributed by atoms with Crippen LogP contribution in [-0.2, 0) is 10.0 Å². The lowest BCUT2D eigenvalue weighted by Gasteiger charge is -2.26. The Morgan fingerprint density at radius 2 is 1.59 bits per heavy atom. The van der Waals surface area contributed by atoms with Gasteiger partial charge in [-0.25, -0.2) is 8.42 Å². The highest BCUT2D eigenvalue weighted by Gasteiger charge is 2.27. The number of aryl methyl sites for hydroxylation is 3. The number of hydrogen-bond donors (Lipinski definition) is 1. The van der Waals surface area contributed by atoms with E-state index in [-0.39, 0.29) is 16.8 Å². The highest BCUT2D eigenvalue weighted by atomic mass is 32.2. The molecule has 3 rings (SSSR count). The minimum Gasteiger partial charge on any atom is -0.346 e. The average molecular weight is 415 g/mol. The van der Waals surface area contributed by atoms with E-state index in [1.807, 2.05) is 32.9 Å². The van der Waals surface area contributed by atoms with E-state index in [1.54, 1.807) is 12.1 Å². The normalized spacial score (nSPS) is 16.4. The molecule has 1 N–H and O–H groups in total. The molecule has 0 aliphatic carbocycles. The Kier molecular flexibility index (Phi) is 6.44. The Labute approximate surface area is 174 Å². The summed E-state index contributed by atoms with van der Waals surface area (Å²) in [6, 6.07) is 10.8. The smallest absolute Gasteiger partial charge is 0.252 e. The Balaban J connectivity index is 1.83. The summed E-state index contributed by atoms with van der Waals surface area (Å²) in [4.78, 5) is 13.1. The van der Waals surface area contributed by atoms with Gasteiger partial charge in [0.25, 0.3) is 5.91 Å². The molecular weight excluding hydrogens is 384 g/mol. The van der Waals surface area contributed by atoms with Crippen LogP contribution in [0, 0.1) is 20.8 Å². The second kappa shape index (κ2) is 8.67. The first kappa shape index (κ1) is 21.5. The molecule has 1 fully saturated rings. The molecule has 29 heavy (non-hydrogen) atoms. The Hall–Kier alpha value is -2.18. The molecule has 0 aromatic heterocycles. The molecule has 156 valence electrons. The lowest BCUT2D eigenvalue weighted by molar-refractivity contribution is 0.0939. The maximum Gasteiger partial charge on any atom is 0.252 e. The van der Waals surface area contributed by atoms with Gasteiger partial charge in [0.15, 0.2) is 0 Å². The highest BCUT2D eigenvalue weighted by Crippen LogP contribution is 2.24. The third-order valence-corrected chi connectivity index (χ3v) is 7.68. The molecule has 0 saturated carbocycles. The van der Waals surface area contributed by atoms with Gasteiger partial charge >= 0.3 is 0 Å². The van der Waals surface area contributed by atoms with Crippen LogP contribution < -0.4 is 5.32 Å². The molecule has 0 bridgehead atoms. The molecule has 1 heterocycles. The van der Waals surface area contributed by atoms with Crippen LogP contribution in [0.1, 0.15) is 64.8 Å². The summed E-state index contributed by atoms with van der Waals surface area (Å²) in [5, 5.41) is 3.01. The third kappa shape index (κ3) is 4.70. The SMILES string of the molecule is Cc1ccc([C@@H](C)NC(=O)c2cc(S(=O)(=O)N3CCCCC3)ccc2C)cc1C. The molecule has 0 unspecified atom stereocenters. The fraction of sp³-hybridized carbons (Fsp3) is 0.435. The van der Waals surface area contributed by atoms with E-state index in [0.29, 0.717) is 18.7 Å². The van der Waals surface area contributed by atoms with Crippen LogP contribution in [0.3, 0.4) is 0 Å². The van der Waals surface area contributed by atoms with Gasteiger partial charge in [0, 0.05) is 18.7 Å². The zero-order valence-corrected chi connectivity index (χ0v) is 18.5. The Morgan fingerprint density at radius 3 is 2.24 bits per heavy atom. The van der Waals surface area contributed by atoms with Crippen molar-refractivity contribution >= 4 is 15.9 Å². The third-order valence-electron chi connectivity index (χ3n) is 5.79. The van der Waals surface area contributed by atoms with Crippen LogP contribution in [0.2, 0.25) is 0 Å². The highest BCUT2D eigenvalue weighted by molar-refractivity contribution is 7.89. The summed E-state index contributed by atoms with van der Waals surface area (Å²) in [6.45, 7) is 8.95. The number of rotatable bonds is 5. The van der Waals surface area contributed by atoms with Gasteiger partial charge in [-0.2, -0.15) is 4.31 Å². The van der Waals surface area contributed by atoms with Crippen molar-refractivity contribution < 1.29 is 13.2 Å². The summed E-state index contributed by atoms with van der Waals surface area (Å²) >= 11 is 0. The Bertz CT molecular complexity index is 1010. The van der Waals surface area contributed by atoms with Crippen molar-refractivity contribution in [2.24, 2.45) is 0 Å². The number of carbonyl (C=O) groups is 1. The molecular formula is C23H30N2O3S. The number of carbonyl (C=O) groups excluding carboxylic acids is 1. The summed E-state index contributed by atoms with van der Waals surface area (Å²) < 4.78 is 27.5. The summed E-state index contributed by atoms with van der Waals surface area (Å²) in [5.74, 6) is -0.260. The minimum atomic E-state index is -3.57. The van der Waals surface area contributed by atoms with Gasteiger partial charge < -0.3 is 5.32 Å². The van der Waals surface area contributed by atoms with Crippen molar-refractivity contribution in [3.63, 3.8) is 0 Å². The van der Waals surface area contributed by atoms with Gasteiger partial charge in [0.2, 0.25) is 10.0 Å². The lowest BCUT2D eigenvalue weighted by Crippen LogP contribution is -2.35. The fourth-order valence-corrected chi connectivity index (χ4v) is 5.20. The molecule has 6 heteroatoms. The number of nitrogens with one attached hydrogen (secondary N) is 1. The molecule has 1 amide bonds. The number of sulfonamides is 1. The van der Waals surface area contributed by atoms with Gasteiger partial charge in [-0.3, -0.25) is 4.79 Å². The zero-order chi connectivity index (χ0) is 21.2. The number of amides is 1. The Morgan fingerprint density at radius 1 is 0.931 bits per heavy atom. The molecule has 5 nitrogen and oxygen atoms in total. The van der Waals surface area contributed by atoms with E-state index < -0.39 is 10.0 Å². The summed E-state index contributed by atoms with van der Waals surface area (Å²) in [7, 11) is -3.57. The maximum atomic E-state index is 13.0. The molecule has 1 aliphatic heterocycles. The molecule has 1 aliphatic rings. The van der Waals surface area contributed by atoms with Crippen LogP contribution in [0.15, 0.2) is 41.3 Å². The molecule has 0 radical (unpaired) electrons. The van der Waals surface area contributed by atoms with Crippen molar-refractivity contribution in [2.45, 2.75) is 57.9 Å². The van der Waals surface area contributed by atoms with E-state index in [4.69, 9.17) is 0 Å². The first-order chi connectivity index (χ1) is 13.7. The lowest BCUT2D eigenvalue weighted by atomic mass is 10.0. The van der Waals surface area contributed by atoms with Gasteiger partial charge in [-0.15, -0.1) is 0 Å². The minimum absolute atomic E-state index is 0.177. The number of nitrogens with zero attached hydrogens (tertiary/aromatic N) is 1. The van der Waals surface area contributed by atoms with Gasteiger partial charge in [-0.1, -0.05) is 30.7 Å². The number of benzene rings is 2. The molecule has 1 saturated heterocycles. The van der Waals surface area contributed by atoms with E-state index in [0.717, 1.165) is 30.4 Å². The van der Waals surface area contributed by atoms with Crippen molar-refractivity contribution in [3.8, 4) is 0 Å². The van der Waals surface area contributed by atoms with Gasteiger partial charge in [0.05, 0.1) is 10.9 Å². The standard InChI is InChI=1S/C23H30N2O3S/c1-16-8-10-20(14-18(16)3)19(4)24-23(26)22-15-21(11-9-17(22)2)29(27,28)25-12-6-5-7-13-25/h8-11,14-15,19H,5-7,12-13H2,1-4H3,(H,24,26)/t19-/m1/s1. The first-order valence-electron chi connectivity index (χ1n) is 10.2. The molecule has 0 spiro atoms. The van der Waals surface area contributed by atoms with Gasteiger partial charge in [0.1, 0.15) is 0 Å². The van der Waals surface area contributed by atoms with Crippen molar-refractivity contribution in [3.05, 3.63) is 64.2 Å². The van der Waals surface area contributed by atoms with Crippen molar-refractivity contribution in [1.82, 2.24) is 9.62 Å². The predicted octanol–water partition coefficient (Wildman–Crippen LogP) is 4.28. The average Bonchev–Trinajstić information content (AvgIpc) is 2.70. The number of hydrogen-bond acceptors (Lipinski definition) is 3. The van der Waals surface area contributed by atoms with Crippen molar-refractivity contribution in [1.29, 1.82) is 0 Å². The first-order valence-corrected chi connectivity index (χ1v) is 11.6. The number of piperidine rings is 1. The fourth-order valence-electron chi connectivity index (χ4n) is 3.65. The second-order valence-electron chi connectivity index (χ2n) is 7.98. The maximum absolute atomic E-state index is 13.0. The van der Waals surface area contributed by atoms with Crippen LogP contribution in [-0.4, -0.2) is 31.7 Å². The largest absolute Gasteiger partial charge is 0.346 e. The topological polar surface area (TPSA) is 66.5 Å². The van der Waals surface area contributed by atoms with Crippen LogP contribution in [0.5, 0.6) is 0 Å². The molecule has 2 aromatic carbocycles. The molecule has 2 aromatic rings. The van der Waals surface area contributed by atoms with Crippen LogP contribution in [0.4, 0.5) is 0 Å². The summed E-state index contributed by atoms with van der Waals surface area (Å²) in [6.07, 6.45) is 2.82. The van der Waals surface area contributed by atoms with Crippen LogP contribution >= 0.6 is 0 Å². The monoisotopic (exact) mass is 414 g/mol. The van der Waals surface area contributed by atoms with E-state index in [1.165, 1.54) is 21.5 Å². The second-order valence-corrected chi connectivity index (χ2v) is 9.92. The van der Waals surface area contributed by atoms with Gasteiger partial charge in [-0.05, 0) is 74.9 Å². The zero-order valence-electron chi connectivity index (χ0n) is 17.7. The summed E-state index contributed by atoms with van der Waals surface area (Å²) in [5.41, 5.74) is 4.57. The van der Waals surface area contributed by atoms with E-state index in [9.17, 15) is 13.2 Å². The van der Waals surface area contributed by atoms with Crippen molar-refractivity contribution in [2.75, 3.05) is 13.1 Å².